The van der Waals surface area contributed by atoms with Gasteiger partial charge >= 0.3 is 0 Å². The first-order chi connectivity index (χ1) is 8.70. The molecule has 1 aromatic carbocycles. The molecule has 0 bridgehead atoms. The van der Waals surface area contributed by atoms with E-state index in [2.05, 4.69) is 4.74 Å². The van der Waals surface area contributed by atoms with Crippen LogP contribution in [0.1, 0.15) is 0 Å². The summed E-state index contributed by atoms with van der Waals surface area (Å²) in [5, 5.41) is 0. The predicted octanol–water partition coefficient (Wildman–Crippen LogP) is -0.478. The second-order valence-electron chi connectivity index (χ2n) is 3.75. The number of hydrogen-bond acceptors (Lipinski definition) is 5. The van der Waals surface area contributed by atoms with Gasteiger partial charge in [-0.2, -0.15) is 4.31 Å². The van der Waals surface area contributed by atoms with E-state index in [9.17, 15) is 17.6 Å². The van der Waals surface area contributed by atoms with Crippen LogP contribution in [0.3, 0.4) is 0 Å². The molecule has 0 fully saturated rings. The highest BCUT2D eigenvalue weighted by atomic mass is 32.2. The third kappa shape index (κ3) is 3.12. The lowest BCUT2D eigenvalue weighted by Gasteiger charge is -2.16. The number of anilines is 1. The Balaban J connectivity index is 3.26. The Morgan fingerprint density at radius 1 is 1.47 bits per heavy atom. The van der Waals surface area contributed by atoms with Gasteiger partial charge < -0.3 is 16.2 Å². The Hall–Kier alpha value is -1.87. The quantitative estimate of drug-likeness (QED) is 0.711. The molecule has 0 aliphatic heterocycles. The van der Waals surface area contributed by atoms with Gasteiger partial charge in [0.1, 0.15) is 0 Å². The molecule has 0 unspecified atom stereocenters. The number of sulfonamides is 1. The summed E-state index contributed by atoms with van der Waals surface area (Å²) in [6.07, 6.45) is 0. The van der Waals surface area contributed by atoms with Crippen molar-refractivity contribution in [3.05, 3.63) is 17.9 Å². The van der Waals surface area contributed by atoms with Crippen molar-refractivity contribution in [2.24, 2.45) is 5.73 Å². The third-order valence-corrected chi connectivity index (χ3v) is 4.12. The number of ether oxygens (including phenoxy) is 1. The largest absolute Gasteiger partial charge is 0.492 e. The van der Waals surface area contributed by atoms with Crippen LogP contribution in [-0.2, 0) is 14.8 Å². The number of benzene rings is 1. The zero-order valence-electron chi connectivity index (χ0n) is 10.4. The number of rotatable bonds is 5. The highest BCUT2D eigenvalue weighted by Gasteiger charge is 2.24. The fourth-order valence-electron chi connectivity index (χ4n) is 1.44. The van der Waals surface area contributed by atoms with Gasteiger partial charge in [0.2, 0.25) is 15.9 Å². The molecule has 0 aromatic heterocycles. The Labute approximate surface area is 110 Å². The van der Waals surface area contributed by atoms with Gasteiger partial charge in [0.15, 0.2) is 11.6 Å². The number of nitrogen functional groups attached to an aromatic ring is 1. The van der Waals surface area contributed by atoms with E-state index >= 15 is 0 Å². The Bertz CT molecular complexity index is 580. The van der Waals surface area contributed by atoms with Crippen LogP contribution < -0.4 is 16.2 Å². The van der Waals surface area contributed by atoms with E-state index in [1.54, 1.807) is 0 Å². The van der Waals surface area contributed by atoms with E-state index in [1.807, 2.05) is 0 Å². The predicted molar refractivity (Wildman–Crippen MR) is 66.4 cm³/mol. The van der Waals surface area contributed by atoms with Crippen LogP contribution in [0.15, 0.2) is 17.0 Å². The highest BCUT2D eigenvalue weighted by Crippen LogP contribution is 2.29. The number of halogens is 1. The molecule has 0 atom stereocenters. The van der Waals surface area contributed by atoms with E-state index in [0.29, 0.717) is 4.31 Å². The van der Waals surface area contributed by atoms with Gasteiger partial charge in [-0.25, -0.2) is 12.8 Å². The summed E-state index contributed by atoms with van der Waals surface area (Å²) >= 11 is 0. The standard InChI is InChI=1S/C10H14FN3O4S/c1-14(5-9(13)15)19(16,17)6-3-7(11)10(18-2)8(12)4-6/h3-4H,5,12H2,1-2H3,(H2,13,15). The second-order valence-corrected chi connectivity index (χ2v) is 5.80. The van der Waals surface area contributed by atoms with Gasteiger partial charge in [-0.05, 0) is 12.1 Å². The fraction of sp³-hybridized carbons (Fsp3) is 0.300. The first-order valence-corrected chi connectivity index (χ1v) is 6.51. The van der Waals surface area contributed by atoms with E-state index in [0.717, 1.165) is 19.2 Å². The zero-order valence-corrected chi connectivity index (χ0v) is 11.2. The van der Waals surface area contributed by atoms with E-state index in [1.165, 1.54) is 7.11 Å². The lowest BCUT2D eigenvalue weighted by molar-refractivity contribution is -0.118. The molecule has 7 nitrogen and oxygen atoms in total. The summed E-state index contributed by atoms with van der Waals surface area (Å²) in [6.45, 7) is -0.518. The van der Waals surface area contributed by atoms with Crippen molar-refractivity contribution in [1.29, 1.82) is 0 Å². The smallest absolute Gasteiger partial charge is 0.243 e. The molecule has 0 saturated carbocycles. The number of primary amides is 1. The summed E-state index contributed by atoms with van der Waals surface area (Å²) in [4.78, 5) is 10.3. The molecular weight excluding hydrogens is 277 g/mol. The number of hydrogen-bond donors (Lipinski definition) is 2. The van der Waals surface area contributed by atoms with Gasteiger partial charge in [-0.1, -0.05) is 0 Å². The van der Waals surface area contributed by atoms with Gasteiger partial charge in [0.05, 0.1) is 24.2 Å². The first-order valence-electron chi connectivity index (χ1n) is 5.07. The minimum Gasteiger partial charge on any atom is -0.492 e. The Morgan fingerprint density at radius 2 is 2.05 bits per heavy atom. The average molecular weight is 291 g/mol. The molecule has 1 aromatic rings. The van der Waals surface area contributed by atoms with Crippen LogP contribution in [0.25, 0.3) is 0 Å². The van der Waals surface area contributed by atoms with Gasteiger partial charge in [0, 0.05) is 7.05 Å². The van der Waals surface area contributed by atoms with E-state index in [4.69, 9.17) is 11.5 Å². The molecular formula is C10H14FN3O4S. The monoisotopic (exact) mass is 291 g/mol. The molecule has 0 radical (unpaired) electrons. The average Bonchev–Trinajstić information content (AvgIpc) is 2.27. The lowest BCUT2D eigenvalue weighted by atomic mass is 10.3. The van der Waals surface area contributed by atoms with Crippen molar-refractivity contribution >= 4 is 21.6 Å². The van der Waals surface area contributed by atoms with E-state index < -0.39 is 28.3 Å². The van der Waals surface area contributed by atoms with E-state index in [-0.39, 0.29) is 16.3 Å². The molecule has 0 aliphatic carbocycles. The minimum absolute atomic E-state index is 0.159. The molecule has 0 aliphatic rings. The molecule has 19 heavy (non-hydrogen) atoms. The topological polar surface area (TPSA) is 116 Å². The molecule has 106 valence electrons. The van der Waals surface area contributed by atoms with Crippen molar-refractivity contribution in [3.63, 3.8) is 0 Å². The van der Waals surface area contributed by atoms with Gasteiger partial charge in [-0.15, -0.1) is 0 Å². The summed E-state index contributed by atoms with van der Waals surface area (Å²) in [7, 11) is -1.69. The van der Waals surface area contributed by atoms with Crippen molar-refractivity contribution < 1.29 is 22.3 Å². The Morgan fingerprint density at radius 3 is 2.47 bits per heavy atom. The minimum atomic E-state index is -4.05. The SMILES string of the molecule is COc1c(N)cc(S(=O)(=O)N(C)CC(N)=O)cc1F. The number of nitrogens with zero attached hydrogens (tertiary/aromatic N) is 1. The van der Waals surface area contributed by atoms with Crippen LogP contribution in [0, 0.1) is 5.82 Å². The number of likely N-dealkylation sites (N-methyl/N-ethyl adjacent to an activating group) is 1. The van der Waals surface area contributed by atoms with Crippen LogP contribution in [0.4, 0.5) is 10.1 Å². The van der Waals surface area contributed by atoms with Crippen LogP contribution >= 0.6 is 0 Å². The first kappa shape index (κ1) is 15.2. The van der Waals surface area contributed by atoms with Gasteiger partial charge in [0.25, 0.3) is 0 Å². The van der Waals surface area contributed by atoms with Gasteiger partial charge in [-0.3, -0.25) is 4.79 Å². The summed E-state index contributed by atoms with van der Waals surface area (Å²) in [6, 6.07) is 1.82. The lowest BCUT2D eigenvalue weighted by Crippen LogP contribution is -2.35. The maximum absolute atomic E-state index is 13.6. The number of carbonyl (C=O) groups excluding carboxylic acids is 1. The normalized spacial score (nSPS) is 11.6. The molecule has 9 heteroatoms. The van der Waals surface area contributed by atoms with Crippen LogP contribution in [0.2, 0.25) is 0 Å². The fourth-order valence-corrected chi connectivity index (χ4v) is 2.62. The summed E-state index contributed by atoms with van der Waals surface area (Å²) < 4.78 is 43.0. The number of amides is 1. The van der Waals surface area contributed by atoms with Crippen molar-refractivity contribution in [2.45, 2.75) is 4.90 Å². The maximum atomic E-state index is 13.6. The van der Waals surface area contributed by atoms with Crippen molar-refractivity contribution in [3.8, 4) is 5.75 Å². The maximum Gasteiger partial charge on any atom is 0.243 e. The highest BCUT2D eigenvalue weighted by molar-refractivity contribution is 7.89. The number of methoxy groups -OCH3 is 1. The van der Waals surface area contributed by atoms with Crippen LogP contribution in [-0.4, -0.2) is 39.3 Å². The summed E-state index contributed by atoms with van der Waals surface area (Å²) in [5.41, 5.74) is 10.2. The third-order valence-electron chi connectivity index (χ3n) is 2.34. The number of nitrogens with two attached hydrogens (primary N) is 2. The van der Waals surface area contributed by atoms with Crippen LogP contribution in [0.5, 0.6) is 5.75 Å². The number of carbonyl (C=O) groups is 1. The van der Waals surface area contributed by atoms with Crippen molar-refractivity contribution in [1.82, 2.24) is 4.31 Å². The van der Waals surface area contributed by atoms with Crippen molar-refractivity contribution in [2.75, 3.05) is 26.4 Å². The molecule has 0 spiro atoms. The summed E-state index contributed by atoms with van der Waals surface area (Å²) in [5.74, 6) is -1.97. The molecule has 1 rings (SSSR count). The molecule has 0 heterocycles. The Kier molecular flexibility index (Phi) is 4.32. The zero-order chi connectivity index (χ0) is 14.8. The molecule has 4 N–H and O–H groups in total. The second kappa shape index (κ2) is 5.41. The molecule has 0 saturated heterocycles. The molecule has 1 amide bonds.